The van der Waals surface area contributed by atoms with Gasteiger partial charge >= 0.3 is 0 Å². The fraction of sp³-hybridized carbons (Fsp3) is 0.400. The van der Waals surface area contributed by atoms with Crippen LogP contribution in [0.5, 0.6) is 0 Å². The molecule has 9 nitrogen and oxygen atoms in total. The van der Waals surface area contributed by atoms with Crippen LogP contribution in [-0.2, 0) is 20.7 Å². The number of nitrogens with one attached hydrogen (secondary N) is 2. The van der Waals surface area contributed by atoms with Crippen LogP contribution in [0.4, 0.5) is 5.95 Å². The molecule has 0 aromatic carbocycles. The van der Waals surface area contributed by atoms with Crippen LogP contribution in [-0.4, -0.2) is 59.5 Å². The van der Waals surface area contributed by atoms with Gasteiger partial charge in [0.25, 0.3) is 5.56 Å². The van der Waals surface area contributed by atoms with Crippen LogP contribution in [0.2, 0.25) is 0 Å². The highest BCUT2D eigenvalue weighted by Crippen LogP contribution is 2.18. The monoisotopic (exact) mass is 399 g/mol. The molecule has 3 rings (SSSR count). The van der Waals surface area contributed by atoms with Gasteiger partial charge in [0.15, 0.2) is 0 Å². The van der Waals surface area contributed by atoms with Crippen molar-refractivity contribution in [3.63, 3.8) is 0 Å². The van der Waals surface area contributed by atoms with Crippen molar-refractivity contribution in [2.45, 2.75) is 19.8 Å². The van der Waals surface area contributed by atoms with Crippen molar-refractivity contribution in [3.8, 4) is 0 Å². The normalized spacial score (nSPS) is 17.2. The summed E-state index contributed by atoms with van der Waals surface area (Å²) in [4.78, 5) is 47.9. The van der Waals surface area contributed by atoms with Gasteiger partial charge in [-0.15, -0.1) is 0 Å². The summed E-state index contributed by atoms with van der Waals surface area (Å²) in [6.07, 6.45) is 3.27. The van der Waals surface area contributed by atoms with Crippen molar-refractivity contribution in [3.05, 3.63) is 58.3 Å². The number of ether oxygens (including phenoxy) is 1. The van der Waals surface area contributed by atoms with E-state index in [1.807, 2.05) is 4.90 Å². The average Bonchev–Trinajstić information content (AvgIpc) is 2.72. The number of hydrogen-bond acceptors (Lipinski definition) is 6. The largest absolute Gasteiger partial charge is 0.378 e. The maximum Gasteiger partial charge on any atom is 0.255 e. The molecule has 154 valence electrons. The lowest BCUT2D eigenvalue weighted by Gasteiger charge is -2.29. The molecule has 3 heterocycles. The number of morpholine rings is 1. The zero-order chi connectivity index (χ0) is 21.0. The van der Waals surface area contributed by atoms with Crippen LogP contribution >= 0.6 is 0 Å². The molecule has 2 aliphatic heterocycles. The number of H-pyrrole nitrogens is 1. The maximum absolute atomic E-state index is 12.8. The van der Waals surface area contributed by atoms with Gasteiger partial charge in [-0.25, -0.2) is 4.98 Å². The summed E-state index contributed by atoms with van der Waals surface area (Å²) < 4.78 is 5.32. The molecule has 2 N–H and O–H groups in total. The summed E-state index contributed by atoms with van der Waals surface area (Å²) in [7, 11) is 0. The Hall–Kier alpha value is -3.20. The average molecular weight is 399 g/mol. The molecule has 0 spiro atoms. The van der Waals surface area contributed by atoms with Gasteiger partial charge in [0.2, 0.25) is 17.8 Å². The van der Waals surface area contributed by atoms with E-state index < -0.39 is 0 Å². The molecular formula is C20H25N5O4. The number of nitrogens with zero attached hydrogens (tertiary/aromatic N) is 3. The quantitative estimate of drug-likeness (QED) is 0.717. The molecule has 1 saturated heterocycles. The van der Waals surface area contributed by atoms with Crippen LogP contribution in [0.25, 0.3) is 0 Å². The van der Waals surface area contributed by atoms with Crippen molar-refractivity contribution in [2.24, 2.45) is 0 Å². The lowest BCUT2D eigenvalue weighted by Crippen LogP contribution is -2.45. The molecule has 2 aliphatic rings. The third-order valence-electron chi connectivity index (χ3n) is 4.95. The Morgan fingerprint density at radius 3 is 2.59 bits per heavy atom. The molecule has 29 heavy (non-hydrogen) atoms. The Labute approximate surface area is 168 Å². The van der Waals surface area contributed by atoms with E-state index in [2.05, 4.69) is 28.4 Å². The van der Waals surface area contributed by atoms with Gasteiger partial charge in [0.05, 0.1) is 24.6 Å². The highest BCUT2D eigenvalue weighted by molar-refractivity contribution is 5.90. The number of amides is 2. The molecule has 1 aromatic heterocycles. The molecular weight excluding hydrogens is 374 g/mol. The zero-order valence-corrected chi connectivity index (χ0v) is 16.5. The van der Waals surface area contributed by atoms with Crippen LogP contribution < -0.4 is 15.8 Å². The summed E-state index contributed by atoms with van der Waals surface area (Å²) in [5, 5.41) is 2.66. The van der Waals surface area contributed by atoms with Gasteiger partial charge in [-0.1, -0.05) is 13.2 Å². The van der Waals surface area contributed by atoms with E-state index in [9.17, 15) is 14.4 Å². The standard InChI is InChI=1S/C20H25N5O4/c1-4-15-16(5-2)25(12-17(26)22-15)18(27)7-6-14-13(3)21-20(23-19(14)28)24-8-10-29-11-9-24/h4-5H,1-2,6-12H2,3H3,(H,22,26)(H,21,23,28). The van der Waals surface area contributed by atoms with E-state index in [4.69, 9.17) is 4.74 Å². The summed E-state index contributed by atoms with van der Waals surface area (Å²) in [6, 6.07) is 0. The second kappa shape index (κ2) is 8.87. The highest BCUT2D eigenvalue weighted by atomic mass is 16.5. The first kappa shape index (κ1) is 20.5. The molecule has 0 saturated carbocycles. The van der Waals surface area contributed by atoms with E-state index in [1.54, 1.807) is 6.92 Å². The van der Waals surface area contributed by atoms with Crippen molar-refractivity contribution in [1.29, 1.82) is 0 Å². The highest BCUT2D eigenvalue weighted by Gasteiger charge is 2.27. The molecule has 0 aliphatic carbocycles. The molecule has 2 amide bonds. The fourth-order valence-electron chi connectivity index (χ4n) is 3.41. The summed E-state index contributed by atoms with van der Waals surface area (Å²) >= 11 is 0. The SMILES string of the molecule is C=CC1=C(C=C)N(C(=O)CCc2c(C)nc(N3CCOCC3)[nH]c2=O)CC(=O)N1. The number of aromatic amines is 1. The second-order valence-corrected chi connectivity index (χ2v) is 6.79. The molecule has 0 radical (unpaired) electrons. The molecule has 0 bridgehead atoms. The van der Waals surface area contributed by atoms with E-state index in [0.717, 1.165) is 0 Å². The van der Waals surface area contributed by atoms with E-state index in [0.29, 0.717) is 54.9 Å². The Bertz CT molecular complexity index is 927. The molecule has 1 fully saturated rings. The van der Waals surface area contributed by atoms with Gasteiger partial charge in [-0.05, 0) is 25.5 Å². The Morgan fingerprint density at radius 1 is 1.24 bits per heavy atom. The first-order chi connectivity index (χ1) is 13.9. The number of rotatable bonds is 6. The lowest BCUT2D eigenvalue weighted by atomic mass is 10.1. The lowest BCUT2D eigenvalue weighted by molar-refractivity contribution is -0.134. The van der Waals surface area contributed by atoms with Crippen molar-refractivity contribution in [1.82, 2.24) is 20.2 Å². The number of carbonyl (C=O) groups is 2. The minimum absolute atomic E-state index is 0.0670. The third kappa shape index (κ3) is 4.45. The number of aryl methyl sites for hydroxylation is 1. The summed E-state index contributed by atoms with van der Waals surface area (Å²) in [5.74, 6) is -0.0550. The summed E-state index contributed by atoms with van der Waals surface area (Å²) in [6.45, 7) is 11.5. The number of carbonyl (C=O) groups excluding carboxylic acids is 2. The molecule has 0 atom stereocenters. The Balaban J connectivity index is 1.74. The smallest absolute Gasteiger partial charge is 0.255 e. The fourth-order valence-corrected chi connectivity index (χ4v) is 3.41. The number of hydrogen-bond donors (Lipinski definition) is 2. The predicted octanol–water partition coefficient (Wildman–Crippen LogP) is 0.390. The second-order valence-electron chi connectivity index (χ2n) is 6.79. The van der Waals surface area contributed by atoms with Crippen molar-refractivity contribution < 1.29 is 14.3 Å². The molecule has 1 aromatic rings. The number of allylic oxidation sites excluding steroid dienone is 2. The van der Waals surface area contributed by atoms with E-state index in [-0.39, 0.29) is 36.8 Å². The van der Waals surface area contributed by atoms with Crippen LogP contribution in [0.3, 0.4) is 0 Å². The third-order valence-corrected chi connectivity index (χ3v) is 4.95. The van der Waals surface area contributed by atoms with Gasteiger partial charge < -0.3 is 19.9 Å². The minimum atomic E-state index is -0.301. The number of anilines is 1. The maximum atomic E-state index is 12.8. The number of aromatic nitrogens is 2. The zero-order valence-electron chi connectivity index (χ0n) is 16.5. The molecule has 9 heteroatoms. The Kier molecular flexibility index (Phi) is 6.28. The van der Waals surface area contributed by atoms with Crippen LogP contribution in [0, 0.1) is 6.92 Å². The first-order valence-corrected chi connectivity index (χ1v) is 9.46. The minimum Gasteiger partial charge on any atom is -0.378 e. The van der Waals surface area contributed by atoms with Gasteiger partial charge in [-0.2, -0.15) is 0 Å². The van der Waals surface area contributed by atoms with E-state index in [1.165, 1.54) is 17.1 Å². The Morgan fingerprint density at radius 2 is 1.97 bits per heavy atom. The van der Waals surface area contributed by atoms with Gasteiger partial charge in [0.1, 0.15) is 6.54 Å². The van der Waals surface area contributed by atoms with Crippen LogP contribution in [0.15, 0.2) is 41.5 Å². The van der Waals surface area contributed by atoms with Gasteiger partial charge in [0, 0.05) is 30.8 Å². The van der Waals surface area contributed by atoms with Gasteiger partial charge in [-0.3, -0.25) is 19.4 Å². The molecule has 0 unspecified atom stereocenters. The van der Waals surface area contributed by atoms with Crippen LogP contribution in [0.1, 0.15) is 17.7 Å². The summed E-state index contributed by atoms with van der Waals surface area (Å²) in [5.41, 5.74) is 1.73. The van der Waals surface area contributed by atoms with Crippen molar-refractivity contribution >= 4 is 17.8 Å². The van der Waals surface area contributed by atoms with E-state index >= 15 is 0 Å². The topological polar surface area (TPSA) is 108 Å². The predicted molar refractivity (Wildman–Crippen MR) is 108 cm³/mol. The first-order valence-electron chi connectivity index (χ1n) is 9.46. The van der Waals surface area contributed by atoms with Crippen molar-refractivity contribution in [2.75, 3.05) is 37.7 Å².